The minimum Gasteiger partial charge on any atom is -0.479 e. The maximum Gasteiger partial charge on any atom is 0.341 e. The van der Waals surface area contributed by atoms with Gasteiger partial charge in [0.05, 0.1) is 27.2 Å². The van der Waals surface area contributed by atoms with Crippen molar-refractivity contribution in [3.63, 3.8) is 0 Å². The molecule has 1 N–H and O–H groups in total. The summed E-state index contributed by atoms with van der Waals surface area (Å²) >= 11 is 15.9. The van der Waals surface area contributed by atoms with Gasteiger partial charge in [0.2, 0.25) is 0 Å². The van der Waals surface area contributed by atoms with Gasteiger partial charge in [-0.3, -0.25) is 4.79 Å². The van der Waals surface area contributed by atoms with Gasteiger partial charge in [-0.15, -0.1) is 0 Å². The fourth-order valence-corrected chi connectivity index (χ4v) is 4.93. The molecule has 4 rings (SSSR count). The number of ether oxygens (including phenoxy) is 1. The van der Waals surface area contributed by atoms with Crippen LogP contribution in [0.1, 0.15) is 49.4 Å². The number of carbonyl (C=O) groups is 1. The summed E-state index contributed by atoms with van der Waals surface area (Å²) < 4.78 is 7.29. The van der Waals surface area contributed by atoms with E-state index in [1.54, 1.807) is 18.2 Å². The normalized spacial score (nSPS) is 14.8. The molecule has 0 spiro atoms. The third-order valence-electron chi connectivity index (χ3n) is 5.49. The summed E-state index contributed by atoms with van der Waals surface area (Å²) in [6.07, 6.45) is 6.75. The number of carboxylic acid groups (broad SMARTS) is 1. The summed E-state index contributed by atoms with van der Waals surface area (Å²) in [5.41, 5.74) is 0.918. The molecule has 172 valence electrons. The first kappa shape index (κ1) is 23.7. The second kappa shape index (κ2) is 10.2. The fourth-order valence-electron chi connectivity index (χ4n) is 3.95. The number of carboxylic acids is 1. The topological polar surface area (TPSA) is 93.8 Å². The van der Waals surface area contributed by atoms with Crippen LogP contribution in [-0.2, 0) is 4.79 Å². The van der Waals surface area contributed by atoms with E-state index in [1.165, 1.54) is 17.3 Å². The van der Waals surface area contributed by atoms with E-state index in [-0.39, 0.29) is 27.3 Å². The van der Waals surface area contributed by atoms with Gasteiger partial charge in [-0.1, -0.05) is 58.4 Å². The summed E-state index contributed by atoms with van der Waals surface area (Å²) in [6, 6.07) is 8.53. The Kier molecular flexibility index (Phi) is 7.36. The Morgan fingerprint density at radius 2 is 1.91 bits per heavy atom. The van der Waals surface area contributed by atoms with E-state index in [1.807, 2.05) is 12.1 Å². The van der Waals surface area contributed by atoms with Crippen LogP contribution in [0.3, 0.4) is 0 Å². The van der Waals surface area contributed by atoms with Crippen molar-refractivity contribution in [2.24, 2.45) is 5.10 Å². The molecular weight excluding hydrogens is 533 g/mol. The van der Waals surface area contributed by atoms with Gasteiger partial charge < -0.3 is 9.84 Å². The van der Waals surface area contributed by atoms with Crippen LogP contribution in [0.15, 0.2) is 44.7 Å². The molecule has 7 nitrogen and oxygen atoms in total. The van der Waals surface area contributed by atoms with Crippen LogP contribution in [0.2, 0.25) is 10.0 Å². The average molecular weight is 553 g/mol. The molecule has 1 aliphatic carbocycles. The van der Waals surface area contributed by atoms with E-state index >= 15 is 0 Å². The maximum atomic E-state index is 13.4. The van der Waals surface area contributed by atoms with Crippen LogP contribution in [0.4, 0.5) is 0 Å². The summed E-state index contributed by atoms with van der Waals surface area (Å²) in [7, 11) is 0. The first-order valence-corrected chi connectivity index (χ1v) is 12.0. The fraction of sp³-hybridized carbons (Fsp3) is 0.304. The lowest BCUT2D eigenvalue weighted by Crippen LogP contribution is -2.25. The lowest BCUT2D eigenvalue weighted by molar-refractivity contribution is -0.139. The van der Waals surface area contributed by atoms with Gasteiger partial charge in [0.25, 0.3) is 5.56 Å². The molecule has 1 aliphatic rings. The number of rotatable bonds is 6. The van der Waals surface area contributed by atoms with E-state index in [2.05, 4.69) is 21.0 Å². The highest BCUT2D eigenvalue weighted by Gasteiger charge is 2.22. The Labute approximate surface area is 208 Å². The number of halogens is 3. The molecule has 3 aromatic rings. The summed E-state index contributed by atoms with van der Waals surface area (Å²) in [5, 5.41) is 14.0. The van der Waals surface area contributed by atoms with Crippen molar-refractivity contribution in [1.29, 1.82) is 0 Å². The summed E-state index contributed by atoms with van der Waals surface area (Å²) in [5.74, 6) is -0.270. The van der Waals surface area contributed by atoms with Crippen molar-refractivity contribution in [1.82, 2.24) is 9.66 Å². The zero-order valence-corrected chi connectivity index (χ0v) is 20.5. The molecule has 0 radical (unpaired) electrons. The van der Waals surface area contributed by atoms with Crippen LogP contribution in [-0.4, -0.2) is 33.6 Å². The average Bonchev–Trinajstić information content (AvgIpc) is 2.78. The molecule has 1 fully saturated rings. The first-order valence-electron chi connectivity index (χ1n) is 10.4. The molecule has 1 heterocycles. The SMILES string of the molecule is O=C(O)COc1c(Cl)cc(C=Nn2c(C3CCCCC3)nc3ccc(Br)cc3c2=O)cc1Cl. The maximum absolute atomic E-state index is 13.4. The zero-order chi connectivity index (χ0) is 23.5. The molecule has 0 bridgehead atoms. The Hall–Kier alpha value is -2.42. The number of nitrogens with zero attached hydrogens (tertiary/aromatic N) is 3. The Balaban J connectivity index is 1.76. The van der Waals surface area contributed by atoms with Gasteiger partial charge in [-0.2, -0.15) is 9.78 Å². The van der Waals surface area contributed by atoms with Gasteiger partial charge in [0.1, 0.15) is 5.82 Å². The predicted molar refractivity (Wildman–Crippen MR) is 132 cm³/mol. The van der Waals surface area contributed by atoms with E-state index in [4.69, 9.17) is 38.0 Å². The number of aliphatic carboxylic acids is 1. The van der Waals surface area contributed by atoms with Crippen LogP contribution in [0.5, 0.6) is 5.75 Å². The van der Waals surface area contributed by atoms with Gasteiger partial charge in [0, 0.05) is 10.4 Å². The number of hydrogen-bond donors (Lipinski definition) is 1. The quantitative estimate of drug-likeness (QED) is 0.386. The standard InChI is InChI=1S/C23H20BrCl2N3O4/c24-15-6-7-19-16(10-15)23(32)29(22(28-19)14-4-2-1-3-5-14)27-11-13-8-17(25)21(18(26)9-13)33-12-20(30)31/h6-11,14H,1-5,12H2,(H,30,31). The molecule has 2 aromatic carbocycles. The molecule has 10 heteroatoms. The van der Waals surface area contributed by atoms with Crippen molar-refractivity contribution >= 4 is 62.2 Å². The van der Waals surface area contributed by atoms with Crippen LogP contribution in [0.25, 0.3) is 10.9 Å². The molecule has 33 heavy (non-hydrogen) atoms. The van der Waals surface area contributed by atoms with Gasteiger partial charge in [0.15, 0.2) is 12.4 Å². The number of fused-ring (bicyclic) bond motifs is 1. The van der Waals surface area contributed by atoms with Crippen LogP contribution >= 0.6 is 39.1 Å². The van der Waals surface area contributed by atoms with Crippen molar-refractivity contribution in [2.45, 2.75) is 38.0 Å². The first-order chi connectivity index (χ1) is 15.8. The van der Waals surface area contributed by atoms with Crippen molar-refractivity contribution < 1.29 is 14.6 Å². The van der Waals surface area contributed by atoms with Gasteiger partial charge in [-0.05, 0) is 48.7 Å². The smallest absolute Gasteiger partial charge is 0.341 e. The summed E-state index contributed by atoms with van der Waals surface area (Å²) in [4.78, 5) is 28.9. The van der Waals surface area contributed by atoms with Crippen molar-refractivity contribution in [2.75, 3.05) is 6.61 Å². The Morgan fingerprint density at radius 1 is 1.21 bits per heavy atom. The number of benzene rings is 2. The third-order valence-corrected chi connectivity index (χ3v) is 6.54. The molecule has 1 saturated carbocycles. The van der Waals surface area contributed by atoms with Crippen molar-refractivity contribution in [3.05, 3.63) is 66.6 Å². The second-order valence-electron chi connectivity index (χ2n) is 7.82. The van der Waals surface area contributed by atoms with E-state index < -0.39 is 12.6 Å². The Bertz CT molecular complexity index is 1280. The zero-order valence-electron chi connectivity index (χ0n) is 17.4. The second-order valence-corrected chi connectivity index (χ2v) is 9.55. The minimum absolute atomic E-state index is 0.0789. The van der Waals surface area contributed by atoms with Crippen LogP contribution < -0.4 is 10.3 Å². The monoisotopic (exact) mass is 551 g/mol. The molecule has 0 amide bonds. The van der Waals surface area contributed by atoms with E-state index in [9.17, 15) is 9.59 Å². The summed E-state index contributed by atoms with van der Waals surface area (Å²) in [6.45, 7) is -0.564. The molecule has 0 saturated heterocycles. The highest BCUT2D eigenvalue weighted by molar-refractivity contribution is 9.10. The van der Waals surface area contributed by atoms with Gasteiger partial charge in [-0.25, -0.2) is 9.78 Å². The highest BCUT2D eigenvalue weighted by atomic mass is 79.9. The lowest BCUT2D eigenvalue weighted by Gasteiger charge is -2.22. The molecule has 1 aromatic heterocycles. The Morgan fingerprint density at radius 3 is 2.58 bits per heavy atom. The number of aromatic nitrogens is 2. The molecule has 0 aliphatic heterocycles. The molecule has 0 atom stereocenters. The van der Waals surface area contributed by atoms with E-state index in [0.717, 1.165) is 30.2 Å². The van der Waals surface area contributed by atoms with E-state index in [0.29, 0.717) is 22.3 Å². The molecular formula is C23H20BrCl2N3O4. The highest BCUT2D eigenvalue weighted by Crippen LogP contribution is 2.34. The molecule has 0 unspecified atom stereocenters. The largest absolute Gasteiger partial charge is 0.479 e. The van der Waals surface area contributed by atoms with Crippen LogP contribution in [0, 0.1) is 0 Å². The minimum atomic E-state index is -1.14. The van der Waals surface area contributed by atoms with Crippen molar-refractivity contribution in [3.8, 4) is 5.75 Å². The predicted octanol–water partition coefficient (Wildman–Crippen LogP) is 5.86. The number of hydrogen-bond acceptors (Lipinski definition) is 5. The van der Waals surface area contributed by atoms with Gasteiger partial charge >= 0.3 is 5.97 Å². The third kappa shape index (κ3) is 5.39. The lowest BCUT2D eigenvalue weighted by atomic mass is 9.88.